The van der Waals surface area contributed by atoms with Gasteiger partial charge in [-0.3, -0.25) is 5.43 Å². The van der Waals surface area contributed by atoms with E-state index in [1.54, 1.807) is 30.5 Å². The fraction of sp³-hybridized carbons (Fsp3) is 0.222. The van der Waals surface area contributed by atoms with Crippen LogP contribution in [0.25, 0.3) is 0 Å². The number of carbonyl (C=O) groups is 1. The molecule has 124 valence electrons. The number of anilines is 2. The summed E-state index contributed by atoms with van der Waals surface area (Å²) in [4.78, 5) is 13.2. The van der Waals surface area contributed by atoms with Crippen LogP contribution < -0.4 is 10.3 Å². The molecule has 0 saturated carbocycles. The van der Waals surface area contributed by atoms with Crippen molar-refractivity contribution in [2.75, 3.05) is 36.6 Å². The number of ether oxygens (including phenoxy) is 1. The summed E-state index contributed by atoms with van der Waals surface area (Å²) in [5, 5.41) is 13.1. The molecular formula is C18H19N3O3. The molecule has 0 unspecified atom stereocenters. The van der Waals surface area contributed by atoms with Crippen molar-refractivity contribution < 1.29 is 14.6 Å². The first-order chi connectivity index (χ1) is 11.7. The Labute approximate surface area is 140 Å². The summed E-state index contributed by atoms with van der Waals surface area (Å²) < 4.78 is 5.36. The summed E-state index contributed by atoms with van der Waals surface area (Å²) in [5.74, 6) is -0.957. The maximum atomic E-state index is 10.9. The minimum atomic E-state index is -0.957. The number of hydrogen-bond donors (Lipinski definition) is 2. The maximum absolute atomic E-state index is 10.9. The Morgan fingerprint density at radius 3 is 2.62 bits per heavy atom. The lowest BCUT2D eigenvalue weighted by atomic mass is 10.2. The van der Waals surface area contributed by atoms with Crippen molar-refractivity contribution in [3.63, 3.8) is 0 Å². The van der Waals surface area contributed by atoms with E-state index < -0.39 is 5.97 Å². The molecule has 2 aromatic carbocycles. The van der Waals surface area contributed by atoms with E-state index in [2.05, 4.69) is 27.6 Å². The lowest BCUT2D eigenvalue weighted by Crippen LogP contribution is -2.36. The molecule has 2 aromatic rings. The molecule has 1 fully saturated rings. The third-order valence-electron chi connectivity index (χ3n) is 3.79. The highest BCUT2D eigenvalue weighted by Gasteiger charge is 2.10. The van der Waals surface area contributed by atoms with Crippen molar-refractivity contribution in [1.82, 2.24) is 0 Å². The van der Waals surface area contributed by atoms with Gasteiger partial charge in [0.15, 0.2) is 0 Å². The van der Waals surface area contributed by atoms with Gasteiger partial charge in [0.25, 0.3) is 0 Å². The molecule has 6 heteroatoms. The Kier molecular flexibility index (Phi) is 5.08. The lowest BCUT2D eigenvalue weighted by Gasteiger charge is -2.28. The molecule has 0 amide bonds. The van der Waals surface area contributed by atoms with Crippen LogP contribution in [0.5, 0.6) is 0 Å². The van der Waals surface area contributed by atoms with Gasteiger partial charge in [0.1, 0.15) is 0 Å². The van der Waals surface area contributed by atoms with Gasteiger partial charge in [0, 0.05) is 18.8 Å². The highest BCUT2D eigenvalue weighted by molar-refractivity contribution is 5.89. The van der Waals surface area contributed by atoms with E-state index in [9.17, 15) is 4.79 Å². The van der Waals surface area contributed by atoms with Crippen molar-refractivity contribution in [2.24, 2.45) is 5.10 Å². The van der Waals surface area contributed by atoms with Crippen LogP contribution in [0, 0.1) is 0 Å². The van der Waals surface area contributed by atoms with Crippen molar-refractivity contribution in [3.8, 4) is 0 Å². The molecule has 0 radical (unpaired) electrons. The van der Waals surface area contributed by atoms with Gasteiger partial charge in [-0.25, -0.2) is 4.79 Å². The van der Waals surface area contributed by atoms with E-state index in [1.807, 2.05) is 12.1 Å². The molecule has 0 aromatic heterocycles. The predicted octanol–water partition coefficient (Wildman–Crippen LogP) is 2.67. The molecule has 1 heterocycles. The fourth-order valence-electron chi connectivity index (χ4n) is 2.50. The van der Waals surface area contributed by atoms with Gasteiger partial charge < -0.3 is 14.7 Å². The number of nitrogens with zero attached hydrogens (tertiary/aromatic N) is 2. The number of carboxylic acid groups (broad SMARTS) is 1. The molecule has 3 rings (SSSR count). The minimum Gasteiger partial charge on any atom is -0.478 e. The molecule has 6 nitrogen and oxygen atoms in total. The van der Waals surface area contributed by atoms with Crippen LogP contribution >= 0.6 is 0 Å². The lowest BCUT2D eigenvalue weighted by molar-refractivity contribution is 0.0697. The van der Waals surface area contributed by atoms with Gasteiger partial charge in [-0.15, -0.1) is 0 Å². The Morgan fingerprint density at radius 1 is 1.17 bits per heavy atom. The number of hydrazone groups is 1. The van der Waals surface area contributed by atoms with E-state index in [0.717, 1.165) is 31.9 Å². The van der Waals surface area contributed by atoms with Gasteiger partial charge in [0.05, 0.1) is 30.7 Å². The second kappa shape index (κ2) is 7.61. The SMILES string of the molecule is O=C(O)c1cccc(N/N=C/c2ccc(N3CCOCC3)cc2)c1. The standard InChI is InChI=1S/C18H19N3O3/c22-18(23)15-2-1-3-16(12-15)20-19-13-14-4-6-17(7-5-14)21-8-10-24-11-9-21/h1-7,12-13,20H,8-11H2,(H,22,23)/b19-13+. The van der Waals surface area contributed by atoms with Crippen LogP contribution in [0.2, 0.25) is 0 Å². The average molecular weight is 325 g/mol. The average Bonchev–Trinajstić information content (AvgIpc) is 2.63. The smallest absolute Gasteiger partial charge is 0.335 e. The second-order valence-electron chi connectivity index (χ2n) is 5.45. The normalized spacial score (nSPS) is 14.8. The number of carboxylic acids is 1. The highest BCUT2D eigenvalue weighted by atomic mass is 16.5. The van der Waals surface area contributed by atoms with Crippen LogP contribution in [0.15, 0.2) is 53.6 Å². The summed E-state index contributed by atoms with van der Waals surface area (Å²) in [7, 11) is 0. The third-order valence-corrected chi connectivity index (χ3v) is 3.79. The number of morpholine rings is 1. The quantitative estimate of drug-likeness (QED) is 0.653. The minimum absolute atomic E-state index is 0.227. The predicted molar refractivity (Wildman–Crippen MR) is 94.1 cm³/mol. The summed E-state index contributed by atoms with van der Waals surface area (Å²) in [6.07, 6.45) is 1.70. The zero-order chi connectivity index (χ0) is 16.8. The Balaban J connectivity index is 1.60. The summed E-state index contributed by atoms with van der Waals surface area (Å²) in [5.41, 5.74) is 5.85. The van der Waals surface area contributed by atoms with Crippen LogP contribution in [-0.2, 0) is 4.74 Å². The number of nitrogens with one attached hydrogen (secondary N) is 1. The van der Waals surface area contributed by atoms with E-state index >= 15 is 0 Å². The Bertz CT molecular complexity index is 723. The van der Waals surface area contributed by atoms with Crippen molar-refractivity contribution in [2.45, 2.75) is 0 Å². The highest BCUT2D eigenvalue weighted by Crippen LogP contribution is 2.16. The van der Waals surface area contributed by atoms with Crippen LogP contribution in [0.4, 0.5) is 11.4 Å². The number of benzene rings is 2. The topological polar surface area (TPSA) is 74.2 Å². The molecule has 0 bridgehead atoms. The van der Waals surface area contributed by atoms with E-state index in [0.29, 0.717) is 5.69 Å². The molecule has 0 atom stereocenters. The molecule has 0 spiro atoms. The third kappa shape index (κ3) is 4.11. The van der Waals surface area contributed by atoms with Crippen LogP contribution in [0.1, 0.15) is 15.9 Å². The molecule has 24 heavy (non-hydrogen) atoms. The first kappa shape index (κ1) is 16.0. The van der Waals surface area contributed by atoms with Crippen LogP contribution in [0.3, 0.4) is 0 Å². The van der Waals surface area contributed by atoms with Gasteiger partial charge in [-0.2, -0.15) is 5.10 Å². The van der Waals surface area contributed by atoms with Gasteiger partial charge in [-0.1, -0.05) is 18.2 Å². The van der Waals surface area contributed by atoms with Crippen molar-refractivity contribution in [3.05, 3.63) is 59.7 Å². The first-order valence-electron chi connectivity index (χ1n) is 7.77. The first-order valence-corrected chi connectivity index (χ1v) is 7.77. The van der Waals surface area contributed by atoms with E-state index in [4.69, 9.17) is 9.84 Å². The fourth-order valence-corrected chi connectivity index (χ4v) is 2.50. The number of hydrogen-bond acceptors (Lipinski definition) is 5. The Hall–Kier alpha value is -2.86. The maximum Gasteiger partial charge on any atom is 0.335 e. The van der Waals surface area contributed by atoms with E-state index in [1.165, 1.54) is 5.69 Å². The largest absolute Gasteiger partial charge is 0.478 e. The van der Waals surface area contributed by atoms with Crippen molar-refractivity contribution in [1.29, 1.82) is 0 Å². The summed E-state index contributed by atoms with van der Waals surface area (Å²) in [6, 6.07) is 14.7. The number of aromatic carboxylic acids is 1. The summed E-state index contributed by atoms with van der Waals surface area (Å²) >= 11 is 0. The zero-order valence-corrected chi connectivity index (χ0v) is 13.2. The number of rotatable bonds is 5. The molecule has 1 aliphatic rings. The second-order valence-corrected chi connectivity index (χ2v) is 5.45. The monoisotopic (exact) mass is 325 g/mol. The van der Waals surface area contributed by atoms with Gasteiger partial charge in [0.2, 0.25) is 0 Å². The van der Waals surface area contributed by atoms with E-state index in [-0.39, 0.29) is 5.56 Å². The summed E-state index contributed by atoms with van der Waals surface area (Å²) in [6.45, 7) is 3.36. The zero-order valence-electron chi connectivity index (χ0n) is 13.2. The van der Waals surface area contributed by atoms with Crippen molar-refractivity contribution >= 4 is 23.6 Å². The molecule has 1 aliphatic heterocycles. The van der Waals surface area contributed by atoms with Gasteiger partial charge >= 0.3 is 5.97 Å². The Morgan fingerprint density at radius 2 is 1.92 bits per heavy atom. The molecular weight excluding hydrogens is 306 g/mol. The molecule has 0 aliphatic carbocycles. The molecule has 2 N–H and O–H groups in total. The molecule has 1 saturated heterocycles. The van der Waals surface area contributed by atoms with Crippen LogP contribution in [-0.4, -0.2) is 43.6 Å². The van der Waals surface area contributed by atoms with Gasteiger partial charge in [-0.05, 0) is 35.9 Å².